The van der Waals surface area contributed by atoms with Crippen LogP contribution in [0.15, 0.2) is 65.7 Å². The van der Waals surface area contributed by atoms with Crippen molar-refractivity contribution >= 4 is 40.3 Å². The first-order chi connectivity index (χ1) is 18.1. The fraction of sp³-hybridized carbons (Fsp3) is 0.367. The lowest BCUT2D eigenvalue weighted by Crippen LogP contribution is -2.28. The molecule has 4 rings (SSSR count). The zero-order valence-corrected chi connectivity index (χ0v) is 23.3. The molecular formula is C30H35N3O2S2. The Bertz CT molecular complexity index is 1220. The van der Waals surface area contributed by atoms with Gasteiger partial charge in [0.25, 0.3) is 5.91 Å². The number of thiocarbonyl (C=S) groups is 1. The summed E-state index contributed by atoms with van der Waals surface area (Å²) in [6.45, 7) is 5.77. The lowest BCUT2D eigenvalue weighted by molar-refractivity contribution is -0.122. The molecular weight excluding hydrogens is 498 g/mol. The van der Waals surface area contributed by atoms with Crippen molar-refractivity contribution in [1.29, 1.82) is 0 Å². The number of rotatable bonds is 13. The lowest BCUT2D eigenvalue weighted by atomic mass is 10.1. The molecule has 1 fully saturated rings. The molecule has 37 heavy (non-hydrogen) atoms. The predicted molar refractivity (Wildman–Crippen MR) is 158 cm³/mol. The SMILES string of the molecule is CCCCCCOc1ccc(-c2nn(-c3ccccc3)cc2C=C2SC(=S)N(CCCCC)C2=O)cc1. The molecule has 1 saturated heterocycles. The summed E-state index contributed by atoms with van der Waals surface area (Å²) in [6.07, 6.45) is 11.8. The third kappa shape index (κ3) is 7.11. The van der Waals surface area contributed by atoms with E-state index < -0.39 is 0 Å². The van der Waals surface area contributed by atoms with Crippen molar-refractivity contribution < 1.29 is 9.53 Å². The molecule has 194 valence electrons. The van der Waals surface area contributed by atoms with Crippen molar-refractivity contribution in [2.24, 2.45) is 0 Å². The van der Waals surface area contributed by atoms with Gasteiger partial charge in [-0.05, 0) is 55.3 Å². The molecule has 0 N–H and O–H groups in total. The average Bonchev–Trinajstić information content (AvgIpc) is 3.46. The molecule has 2 aromatic carbocycles. The average molecular weight is 534 g/mol. The van der Waals surface area contributed by atoms with Crippen LogP contribution in [0.5, 0.6) is 5.75 Å². The zero-order chi connectivity index (χ0) is 26.0. The third-order valence-electron chi connectivity index (χ3n) is 6.30. The van der Waals surface area contributed by atoms with Crippen LogP contribution in [0, 0.1) is 0 Å². The smallest absolute Gasteiger partial charge is 0.266 e. The number of benzene rings is 2. The summed E-state index contributed by atoms with van der Waals surface area (Å²) in [7, 11) is 0. The van der Waals surface area contributed by atoms with E-state index in [2.05, 4.69) is 13.8 Å². The van der Waals surface area contributed by atoms with Gasteiger partial charge in [-0.1, -0.05) is 88.1 Å². The molecule has 1 aliphatic heterocycles. The minimum Gasteiger partial charge on any atom is -0.494 e. The summed E-state index contributed by atoms with van der Waals surface area (Å²) < 4.78 is 8.42. The molecule has 7 heteroatoms. The van der Waals surface area contributed by atoms with E-state index in [1.807, 2.05) is 71.6 Å². The van der Waals surface area contributed by atoms with Gasteiger partial charge < -0.3 is 4.74 Å². The van der Waals surface area contributed by atoms with Gasteiger partial charge in [-0.2, -0.15) is 5.10 Å². The van der Waals surface area contributed by atoms with Crippen molar-refractivity contribution in [2.45, 2.75) is 58.8 Å². The normalized spacial score (nSPS) is 14.6. The summed E-state index contributed by atoms with van der Waals surface area (Å²) in [4.78, 5) is 15.5. The summed E-state index contributed by atoms with van der Waals surface area (Å²) in [5.41, 5.74) is 3.63. The molecule has 1 amide bonds. The third-order valence-corrected chi connectivity index (χ3v) is 7.68. The van der Waals surface area contributed by atoms with Crippen LogP contribution in [0.25, 0.3) is 23.0 Å². The lowest BCUT2D eigenvalue weighted by Gasteiger charge is -2.13. The van der Waals surface area contributed by atoms with Crippen molar-refractivity contribution in [3.8, 4) is 22.7 Å². The Hall–Kier alpha value is -2.90. The number of amides is 1. The fourth-order valence-corrected chi connectivity index (χ4v) is 5.51. The predicted octanol–water partition coefficient (Wildman–Crippen LogP) is 7.89. The zero-order valence-electron chi connectivity index (χ0n) is 21.7. The van der Waals surface area contributed by atoms with Crippen LogP contribution >= 0.6 is 24.0 Å². The van der Waals surface area contributed by atoms with E-state index in [-0.39, 0.29) is 5.91 Å². The highest BCUT2D eigenvalue weighted by molar-refractivity contribution is 8.26. The number of thioether (sulfide) groups is 1. The number of unbranched alkanes of at least 4 members (excludes halogenated alkanes) is 5. The van der Waals surface area contributed by atoms with Gasteiger partial charge in [0, 0.05) is 23.9 Å². The number of ether oxygens (including phenoxy) is 1. The van der Waals surface area contributed by atoms with Gasteiger partial charge >= 0.3 is 0 Å². The molecule has 0 aliphatic carbocycles. The van der Waals surface area contributed by atoms with E-state index in [1.165, 1.54) is 31.0 Å². The highest BCUT2D eigenvalue weighted by Crippen LogP contribution is 2.35. The Kier molecular flexibility index (Phi) is 9.97. The van der Waals surface area contributed by atoms with Crippen LogP contribution in [0.1, 0.15) is 64.4 Å². The van der Waals surface area contributed by atoms with Crippen molar-refractivity contribution in [1.82, 2.24) is 14.7 Å². The molecule has 3 aromatic rings. The number of hydrogen-bond acceptors (Lipinski definition) is 5. The molecule has 0 spiro atoms. The van der Waals surface area contributed by atoms with Crippen LogP contribution in [0.2, 0.25) is 0 Å². The van der Waals surface area contributed by atoms with E-state index in [0.717, 1.165) is 60.5 Å². The van der Waals surface area contributed by atoms with Crippen molar-refractivity contribution in [3.05, 3.63) is 71.3 Å². The maximum absolute atomic E-state index is 13.2. The Labute approximate surface area is 229 Å². The van der Waals surface area contributed by atoms with Crippen LogP contribution < -0.4 is 4.74 Å². The van der Waals surface area contributed by atoms with Crippen LogP contribution in [-0.4, -0.2) is 38.1 Å². The van der Waals surface area contributed by atoms with Crippen LogP contribution in [-0.2, 0) is 4.79 Å². The van der Waals surface area contributed by atoms with Crippen LogP contribution in [0.4, 0.5) is 0 Å². The molecule has 1 aliphatic rings. The quantitative estimate of drug-likeness (QED) is 0.127. The van der Waals surface area contributed by atoms with E-state index >= 15 is 0 Å². The summed E-state index contributed by atoms with van der Waals surface area (Å²) in [6, 6.07) is 18.1. The van der Waals surface area contributed by atoms with E-state index in [1.54, 1.807) is 4.90 Å². The number of aromatic nitrogens is 2. The number of carbonyl (C=O) groups excluding carboxylic acids is 1. The Balaban J connectivity index is 1.59. The minimum absolute atomic E-state index is 0.0173. The second kappa shape index (κ2) is 13.6. The first-order valence-electron chi connectivity index (χ1n) is 13.2. The molecule has 2 heterocycles. The highest BCUT2D eigenvalue weighted by Gasteiger charge is 2.32. The van der Waals surface area contributed by atoms with Crippen molar-refractivity contribution in [3.63, 3.8) is 0 Å². The van der Waals surface area contributed by atoms with E-state index in [9.17, 15) is 4.79 Å². The van der Waals surface area contributed by atoms with Gasteiger partial charge in [-0.15, -0.1) is 0 Å². The Morgan fingerprint density at radius 2 is 1.68 bits per heavy atom. The summed E-state index contributed by atoms with van der Waals surface area (Å²) in [5, 5.41) is 4.91. The van der Waals surface area contributed by atoms with Gasteiger partial charge in [-0.3, -0.25) is 9.69 Å². The van der Waals surface area contributed by atoms with E-state index in [4.69, 9.17) is 22.1 Å². The molecule has 0 saturated carbocycles. The topological polar surface area (TPSA) is 47.4 Å². The number of hydrogen-bond donors (Lipinski definition) is 0. The monoisotopic (exact) mass is 533 g/mol. The minimum atomic E-state index is -0.0173. The largest absolute Gasteiger partial charge is 0.494 e. The van der Waals surface area contributed by atoms with Gasteiger partial charge in [0.2, 0.25) is 0 Å². The number of carbonyl (C=O) groups is 1. The van der Waals surface area contributed by atoms with Crippen LogP contribution in [0.3, 0.4) is 0 Å². The van der Waals surface area contributed by atoms with Gasteiger partial charge in [0.1, 0.15) is 10.1 Å². The first-order valence-corrected chi connectivity index (χ1v) is 14.5. The molecule has 0 radical (unpaired) electrons. The maximum Gasteiger partial charge on any atom is 0.266 e. The number of nitrogens with zero attached hydrogens (tertiary/aromatic N) is 3. The van der Waals surface area contributed by atoms with Crippen molar-refractivity contribution in [2.75, 3.05) is 13.2 Å². The second-order valence-corrected chi connectivity index (χ2v) is 10.9. The summed E-state index contributed by atoms with van der Waals surface area (Å²) in [5.74, 6) is 0.841. The van der Waals surface area contributed by atoms with Gasteiger partial charge in [0.05, 0.1) is 22.9 Å². The second-order valence-electron chi connectivity index (χ2n) is 9.19. The van der Waals surface area contributed by atoms with Gasteiger partial charge in [0.15, 0.2) is 0 Å². The molecule has 1 aromatic heterocycles. The highest BCUT2D eigenvalue weighted by atomic mass is 32.2. The molecule has 0 atom stereocenters. The van der Waals surface area contributed by atoms with Gasteiger partial charge in [-0.25, -0.2) is 4.68 Å². The fourth-order valence-electron chi connectivity index (χ4n) is 4.21. The van der Waals surface area contributed by atoms with E-state index in [0.29, 0.717) is 15.8 Å². The maximum atomic E-state index is 13.2. The summed E-state index contributed by atoms with van der Waals surface area (Å²) >= 11 is 6.91. The Morgan fingerprint density at radius 3 is 2.41 bits per heavy atom. The standard InChI is InChI=1S/C30H35N3O2S2/c1-3-5-7-12-20-35-26-17-15-23(16-18-26)28-24(22-33(31-28)25-13-9-8-10-14-25)21-27-29(34)32(30(36)37-27)19-11-6-4-2/h8-10,13-18,21-22H,3-7,11-12,19-20H2,1-2H3. The Morgan fingerprint density at radius 1 is 0.946 bits per heavy atom. The molecule has 0 bridgehead atoms. The first kappa shape index (κ1) is 27.1. The molecule has 5 nitrogen and oxygen atoms in total. The molecule has 0 unspecified atom stereocenters. The number of para-hydroxylation sites is 1.